The van der Waals surface area contributed by atoms with E-state index >= 15 is 0 Å². The third-order valence-corrected chi connectivity index (χ3v) is 6.68. The molecule has 1 aliphatic heterocycles. The lowest BCUT2D eigenvalue weighted by Gasteiger charge is -2.23. The molecule has 0 spiro atoms. The highest BCUT2D eigenvalue weighted by Crippen LogP contribution is 2.33. The Kier molecular flexibility index (Phi) is 4.68. The second-order valence-electron chi connectivity index (χ2n) is 7.92. The molecule has 0 saturated heterocycles. The van der Waals surface area contributed by atoms with Crippen molar-refractivity contribution in [3.63, 3.8) is 0 Å². The van der Waals surface area contributed by atoms with Gasteiger partial charge < -0.3 is 9.47 Å². The minimum Gasteiger partial charge on any atom is -0.320 e. The Labute approximate surface area is 167 Å². The second kappa shape index (κ2) is 6.90. The summed E-state index contributed by atoms with van der Waals surface area (Å²) in [6.45, 7) is 6.17. The predicted octanol–water partition coefficient (Wildman–Crippen LogP) is 4.36. The summed E-state index contributed by atoms with van der Waals surface area (Å²) in [4.78, 5) is 2.72. The smallest absolute Gasteiger partial charge is 0.175 e. The maximum atomic E-state index is 11.9. The molecular formula is C23H26N2O2S. The van der Waals surface area contributed by atoms with Gasteiger partial charge in [-0.15, -0.1) is 0 Å². The van der Waals surface area contributed by atoms with Crippen molar-refractivity contribution in [3.8, 4) is 0 Å². The standard InChI is InChI=1S/C23H26N2O2S/c1-16-8-9-22-20(12-16)21-15-24(3)11-10-23(21)25(22)14-17(2)18-6-5-7-19(13-18)28(4,26)27/h5-9,12-14H,10-11,15H2,1-4H3/b17-14+. The van der Waals surface area contributed by atoms with Crippen LogP contribution in [0.2, 0.25) is 0 Å². The molecule has 1 aromatic heterocycles. The Morgan fingerprint density at radius 2 is 1.93 bits per heavy atom. The van der Waals surface area contributed by atoms with Crippen molar-refractivity contribution < 1.29 is 8.42 Å². The van der Waals surface area contributed by atoms with Crippen LogP contribution < -0.4 is 0 Å². The molecule has 0 atom stereocenters. The molecule has 0 saturated carbocycles. The molecule has 2 heterocycles. The summed E-state index contributed by atoms with van der Waals surface area (Å²) in [5, 5.41) is 1.32. The number of allylic oxidation sites excluding steroid dienone is 1. The minimum atomic E-state index is -3.22. The lowest BCUT2D eigenvalue weighted by atomic mass is 10.0. The van der Waals surface area contributed by atoms with Crippen LogP contribution in [0.1, 0.15) is 29.3 Å². The summed E-state index contributed by atoms with van der Waals surface area (Å²) >= 11 is 0. The van der Waals surface area contributed by atoms with Gasteiger partial charge >= 0.3 is 0 Å². The van der Waals surface area contributed by atoms with Gasteiger partial charge in [0.1, 0.15) is 0 Å². The summed E-state index contributed by atoms with van der Waals surface area (Å²) in [6, 6.07) is 13.8. The largest absolute Gasteiger partial charge is 0.320 e. The van der Waals surface area contributed by atoms with Crippen molar-refractivity contribution in [3.05, 3.63) is 64.8 Å². The van der Waals surface area contributed by atoms with Crippen LogP contribution >= 0.6 is 0 Å². The fraction of sp³-hybridized carbons (Fsp3) is 0.304. The van der Waals surface area contributed by atoms with Crippen molar-refractivity contribution >= 4 is 32.5 Å². The highest BCUT2D eigenvalue weighted by molar-refractivity contribution is 7.90. The Bertz CT molecular complexity index is 1200. The van der Waals surface area contributed by atoms with Gasteiger partial charge in [0.25, 0.3) is 0 Å². The first-order valence-corrected chi connectivity index (χ1v) is 11.4. The number of nitrogens with zero attached hydrogens (tertiary/aromatic N) is 2. The fourth-order valence-corrected chi connectivity index (χ4v) is 4.70. The molecule has 4 rings (SSSR count). The highest BCUT2D eigenvalue weighted by Gasteiger charge is 2.22. The maximum Gasteiger partial charge on any atom is 0.175 e. The Hall–Kier alpha value is -2.37. The lowest BCUT2D eigenvalue weighted by Crippen LogP contribution is -2.26. The van der Waals surface area contributed by atoms with Gasteiger partial charge in [0.05, 0.1) is 10.4 Å². The molecule has 0 radical (unpaired) electrons. The van der Waals surface area contributed by atoms with Crippen LogP contribution in [0, 0.1) is 6.92 Å². The van der Waals surface area contributed by atoms with Gasteiger partial charge in [-0.2, -0.15) is 0 Å². The van der Waals surface area contributed by atoms with Gasteiger partial charge in [0.2, 0.25) is 0 Å². The normalized spacial score (nSPS) is 15.8. The van der Waals surface area contributed by atoms with Gasteiger partial charge in [0, 0.05) is 43.0 Å². The van der Waals surface area contributed by atoms with Gasteiger partial charge in [0.15, 0.2) is 9.84 Å². The van der Waals surface area contributed by atoms with E-state index in [1.807, 2.05) is 19.1 Å². The summed E-state index contributed by atoms with van der Waals surface area (Å²) in [6.07, 6.45) is 4.41. The van der Waals surface area contributed by atoms with E-state index < -0.39 is 9.84 Å². The van der Waals surface area contributed by atoms with Crippen molar-refractivity contribution in [1.29, 1.82) is 0 Å². The second-order valence-corrected chi connectivity index (χ2v) is 9.93. The number of hydrogen-bond donors (Lipinski definition) is 0. The van der Waals surface area contributed by atoms with Crippen LogP contribution in [0.4, 0.5) is 0 Å². The van der Waals surface area contributed by atoms with Gasteiger partial charge in [-0.3, -0.25) is 0 Å². The lowest BCUT2D eigenvalue weighted by molar-refractivity contribution is 0.312. The predicted molar refractivity (Wildman–Crippen MR) is 116 cm³/mol. The fourth-order valence-electron chi connectivity index (χ4n) is 4.03. The quantitative estimate of drug-likeness (QED) is 0.663. The average molecular weight is 395 g/mol. The van der Waals surface area contributed by atoms with E-state index in [0.29, 0.717) is 4.90 Å². The topological polar surface area (TPSA) is 42.3 Å². The number of likely N-dealkylation sites (N-methyl/N-ethyl adjacent to an activating group) is 1. The van der Waals surface area contributed by atoms with Crippen LogP contribution in [0.15, 0.2) is 47.4 Å². The molecule has 2 aromatic carbocycles. The first-order valence-electron chi connectivity index (χ1n) is 9.54. The molecule has 0 bridgehead atoms. The van der Waals surface area contributed by atoms with Crippen LogP contribution in [-0.4, -0.2) is 37.7 Å². The molecule has 0 N–H and O–H groups in total. The van der Waals surface area contributed by atoms with E-state index in [4.69, 9.17) is 0 Å². The number of fused-ring (bicyclic) bond motifs is 3. The van der Waals surface area contributed by atoms with Crippen LogP contribution in [-0.2, 0) is 22.8 Å². The van der Waals surface area contributed by atoms with E-state index in [1.165, 1.54) is 34.0 Å². The first kappa shape index (κ1) is 19.0. The maximum absolute atomic E-state index is 11.9. The van der Waals surface area contributed by atoms with E-state index in [0.717, 1.165) is 30.6 Å². The number of aryl methyl sites for hydroxylation is 1. The highest BCUT2D eigenvalue weighted by atomic mass is 32.2. The number of aromatic nitrogens is 1. The van der Waals surface area contributed by atoms with Crippen LogP contribution in [0.5, 0.6) is 0 Å². The summed E-state index contributed by atoms with van der Waals surface area (Å²) < 4.78 is 26.2. The zero-order valence-electron chi connectivity index (χ0n) is 16.9. The van der Waals surface area contributed by atoms with Crippen molar-refractivity contribution in [2.45, 2.75) is 31.7 Å². The molecule has 5 heteroatoms. The monoisotopic (exact) mass is 394 g/mol. The molecule has 146 valence electrons. The zero-order valence-corrected chi connectivity index (χ0v) is 17.7. The number of rotatable bonds is 3. The van der Waals surface area contributed by atoms with Gasteiger partial charge in [-0.25, -0.2) is 8.42 Å². The van der Waals surface area contributed by atoms with Gasteiger partial charge in [-0.05, 0) is 61.9 Å². The molecule has 3 aromatic rings. The molecule has 1 aliphatic rings. The number of hydrogen-bond acceptors (Lipinski definition) is 3. The summed E-state index contributed by atoms with van der Waals surface area (Å²) in [5.41, 5.74) is 7.22. The van der Waals surface area contributed by atoms with E-state index in [9.17, 15) is 8.42 Å². The first-order chi connectivity index (χ1) is 13.2. The van der Waals surface area contributed by atoms with Crippen LogP contribution in [0.25, 0.3) is 22.7 Å². The molecule has 0 aliphatic carbocycles. The third-order valence-electron chi connectivity index (χ3n) is 5.57. The third kappa shape index (κ3) is 3.40. The minimum absolute atomic E-state index is 0.356. The number of benzene rings is 2. The molecule has 4 nitrogen and oxygen atoms in total. The van der Waals surface area contributed by atoms with E-state index in [1.54, 1.807) is 12.1 Å². The molecular weight excluding hydrogens is 368 g/mol. The molecule has 0 amide bonds. The SMILES string of the molecule is C/C(=C\n1c2c(c3cc(C)ccc31)CN(C)CC2)c1cccc(S(C)(=O)=O)c1. The van der Waals surface area contributed by atoms with Gasteiger partial charge in [-0.1, -0.05) is 23.8 Å². The van der Waals surface area contributed by atoms with Crippen molar-refractivity contribution in [1.82, 2.24) is 9.47 Å². The van der Waals surface area contributed by atoms with E-state index in [2.05, 4.69) is 47.8 Å². The van der Waals surface area contributed by atoms with E-state index in [-0.39, 0.29) is 0 Å². The average Bonchev–Trinajstić information content (AvgIpc) is 2.93. The summed E-state index contributed by atoms with van der Waals surface area (Å²) in [7, 11) is -1.05. The zero-order chi connectivity index (χ0) is 20.1. The summed E-state index contributed by atoms with van der Waals surface area (Å²) in [5.74, 6) is 0. The molecule has 28 heavy (non-hydrogen) atoms. The molecule has 0 unspecified atom stereocenters. The Morgan fingerprint density at radius 1 is 1.14 bits per heavy atom. The Balaban J connectivity index is 1.88. The van der Waals surface area contributed by atoms with Crippen molar-refractivity contribution in [2.75, 3.05) is 19.8 Å². The Morgan fingerprint density at radius 3 is 2.68 bits per heavy atom. The van der Waals surface area contributed by atoms with Crippen molar-refractivity contribution in [2.24, 2.45) is 0 Å². The van der Waals surface area contributed by atoms with Crippen LogP contribution in [0.3, 0.4) is 0 Å². The number of sulfone groups is 1. The molecule has 0 fully saturated rings.